The van der Waals surface area contributed by atoms with Crippen molar-refractivity contribution in [3.8, 4) is 16.3 Å². The molecular formula is C15H14N2OS. The summed E-state index contributed by atoms with van der Waals surface area (Å²) in [5.41, 5.74) is 8.57. The van der Waals surface area contributed by atoms with Gasteiger partial charge in [-0.25, -0.2) is 4.98 Å². The third-order valence-electron chi connectivity index (χ3n) is 2.83. The predicted octanol–water partition coefficient (Wildman–Crippen LogP) is 3.94. The second-order valence-electron chi connectivity index (χ2n) is 4.18. The molecule has 0 fully saturated rings. The van der Waals surface area contributed by atoms with E-state index in [0.29, 0.717) is 6.61 Å². The number of hydrogen-bond acceptors (Lipinski definition) is 4. The molecule has 0 amide bonds. The van der Waals surface area contributed by atoms with Crippen LogP contribution in [-0.4, -0.2) is 11.6 Å². The smallest absolute Gasteiger partial charge is 0.129 e. The van der Waals surface area contributed by atoms with Crippen LogP contribution in [0.2, 0.25) is 0 Å². The van der Waals surface area contributed by atoms with E-state index in [0.717, 1.165) is 32.2 Å². The van der Waals surface area contributed by atoms with Crippen molar-refractivity contribution in [2.45, 2.75) is 6.92 Å². The molecule has 96 valence electrons. The van der Waals surface area contributed by atoms with Crippen LogP contribution in [0.5, 0.6) is 5.75 Å². The van der Waals surface area contributed by atoms with E-state index in [1.54, 1.807) is 11.3 Å². The van der Waals surface area contributed by atoms with Gasteiger partial charge < -0.3 is 10.5 Å². The van der Waals surface area contributed by atoms with Gasteiger partial charge >= 0.3 is 0 Å². The lowest BCUT2D eigenvalue weighted by Gasteiger charge is -2.06. The molecule has 1 heterocycles. The average Bonchev–Trinajstić information content (AvgIpc) is 2.82. The van der Waals surface area contributed by atoms with E-state index in [-0.39, 0.29) is 0 Å². The number of nitrogens with two attached hydrogens (primary N) is 1. The van der Waals surface area contributed by atoms with Crippen LogP contribution in [-0.2, 0) is 0 Å². The van der Waals surface area contributed by atoms with Gasteiger partial charge in [0, 0.05) is 5.69 Å². The summed E-state index contributed by atoms with van der Waals surface area (Å²) >= 11 is 1.63. The van der Waals surface area contributed by atoms with E-state index in [1.807, 2.05) is 49.4 Å². The van der Waals surface area contributed by atoms with Gasteiger partial charge in [-0.3, -0.25) is 0 Å². The van der Waals surface area contributed by atoms with Gasteiger partial charge in [-0.1, -0.05) is 12.1 Å². The van der Waals surface area contributed by atoms with Crippen molar-refractivity contribution < 1.29 is 4.74 Å². The van der Waals surface area contributed by atoms with Crippen molar-refractivity contribution in [2.75, 3.05) is 12.3 Å². The fraction of sp³-hybridized carbons (Fsp3) is 0.133. The molecule has 19 heavy (non-hydrogen) atoms. The summed E-state index contributed by atoms with van der Waals surface area (Å²) in [6.45, 7) is 2.63. The van der Waals surface area contributed by atoms with Gasteiger partial charge in [-0.2, -0.15) is 0 Å². The SMILES string of the molecule is CCOc1ccccc1-c1nc2ccc(N)cc2s1. The molecule has 3 aromatic rings. The van der Waals surface area contributed by atoms with Crippen molar-refractivity contribution in [3.63, 3.8) is 0 Å². The van der Waals surface area contributed by atoms with Crippen LogP contribution in [0, 0.1) is 0 Å². The second-order valence-corrected chi connectivity index (χ2v) is 5.21. The van der Waals surface area contributed by atoms with E-state index in [2.05, 4.69) is 4.98 Å². The first-order valence-corrected chi connectivity index (χ1v) is 6.98. The van der Waals surface area contributed by atoms with Crippen molar-refractivity contribution in [1.29, 1.82) is 0 Å². The summed E-state index contributed by atoms with van der Waals surface area (Å²) < 4.78 is 6.75. The molecule has 3 nitrogen and oxygen atoms in total. The number of fused-ring (bicyclic) bond motifs is 1. The summed E-state index contributed by atoms with van der Waals surface area (Å²) in [6, 6.07) is 13.8. The number of rotatable bonds is 3. The van der Waals surface area contributed by atoms with Crippen molar-refractivity contribution in [3.05, 3.63) is 42.5 Å². The van der Waals surface area contributed by atoms with Crippen LogP contribution in [0.4, 0.5) is 5.69 Å². The molecule has 3 rings (SSSR count). The Labute approximate surface area is 115 Å². The first-order chi connectivity index (χ1) is 9.28. The Bertz CT molecular complexity index is 721. The maximum atomic E-state index is 5.80. The maximum Gasteiger partial charge on any atom is 0.129 e. The molecule has 0 saturated carbocycles. The van der Waals surface area contributed by atoms with Gasteiger partial charge in [0.25, 0.3) is 0 Å². The van der Waals surface area contributed by atoms with Gasteiger partial charge in [-0.05, 0) is 37.3 Å². The molecule has 2 N–H and O–H groups in total. The molecule has 0 aliphatic carbocycles. The maximum absolute atomic E-state index is 5.80. The Morgan fingerprint density at radius 1 is 1.21 bits per heavy atom. The lowest BCUT2D eigenvalue weighted by molar-refractivity contribution is 0.341. The topological polar surface area (TPSA) is 48.1 Å². The lowest BCUT2D eigenvalue weighted by atomic mass is 10.2. The van der Waals surface area contributed by atoms with Crippen LogP contribution < -0.4 is 10.5 Å². The number of nitrogens with zero attached hydrogens (tertiary/aromatic N) is 1. The van der Waals surface area contributed by atoms with Gasteiger partial charge in [0.15, 0.2) is 0 Å². The van der Waals surface area contributed by atoms with Gasteiger partial charge in [0.2, 0.25) is 0 Å². The molecule has 0 spiro atoms. The first kappa shape index (κ1) is 12.0. The Morgan fingerprint density at radius 3 is 2.89 bits per heavy atom. The summed E-state index contributed by atoms with van der Waals surface area (Å²) in [5, 5.41) is 0.963. The van der Waals surface area contributed by atoms with E-state index in [9.17, 15) is 0 Å². The summed E-state index contributed by atoms with van der Waals surface area (Å²) in [5.74, 6) is 0.872. The molecule has 0 aliphatic rings. The molecule has 0 unspecified atom stereocenters. The number of nitrogen functional groups attached to an aromatic ring is 1. The van der Waals surface area contributed by atoms with E-state index in [4.69, 9.17) is 10.5 Å². The molecule has 0 radical (unpaired) electrons. The number of benzene rings is 2. The fourth-order valence-electron chi connectivity index (χ4n) is 1.98. The standard InChI is InChI=1S/C15H14N2OS/c1-2-18-13-6-4-3-5-11(13)15-17-12-8-7-10(16)9-14(12)19-15/h3-9H,2,16H2,1H3. The molecule has 0 atom stereocenters. The lowest BCUT2D eigenvalue weighted by Crippen LogP contribution is -1.93. The summed E-state index contributed by atoms with van der Waals surface area (Å²) in [7, 11) is 0. The Hall–Kier alpha value is -2.07. The normalized spacial score (nSPS) is 10.8. The second kappa shape index (κ2) is 4.90. The molecule has 0 bridgehead atoms. The highest BCUT2D eigenvalue weighted by Crippen LogP contribution is 2.36. The van der Waals surface area contributed by atoms with Gasteiger partial charge in [0.05, 0.1) is 22.4 Å². The molecule has 4 heteroatoms. The van der Waals surface area contributed by atoms with E-state index in [1.165, 1.54) is 0 Å². The fourth-order valence-corrected chi connectivity index (χ4v) is 3.03. The number of anilines is 1. The van der Waals surface area contributed by atoms with Gasteiger partial charge in [-0.15, -0.1) is 11.3 Å². The van der Waals surface area contributed by atoms with Crippen LogP contribution in [0.3, 0.4) is 0 Å². The number of ether oxygens (including phenoxy) is 1. The molecule has 2 aromatic carbocycles. The summed E-state index contributed by atoms with van der Waals surface area (Å²) in [4.78, 5) is 4.65. The minimum atomic E-state index is 0.648. The van der Waals surface area contributed by atoms with Crippen molar-refractivity contribution in [2.24, 2.45) is 0 Å². The van der Waals surface area contributed by atoms with Crippen LogP contribution in [0.15, 0.2) is 42.5 Å². The number of aromatic nitrogens is 1. The Balaban J connectivity index is 2.13. The van der Waals surface area contributed by atoms with Crippen molar-refractivity contribution in [1.82, 2.24) is 4.98 Å². The molecule has 0 saturated heterocycles. The van der Waals surface area contributed by atoms with E-state index < -0.39 is 0 Å². The quantitative estimate of drug-likeness (QED) is 0.733. The molecular weight excluding hydrogens is 256 g/mol. The zero-order valence-corrected chi connectivity index (χ0v) is 11.4. The zero-order chi connectivity index (χ0) is 13.2. The van der Waals surface area contributed by atoms with Crippen LogP contribution in [0.25, 0.3) is 20.8 Å². The monoisotopic (exact) mass is 270 g/mol. The minimum Gasteiger partial charge on any atom is -0.493 e. The van der Waals surface area contributed by atoms with Crippen LogP contribution >= 0.6 is 11.3 Å². The van der Waals surface area contributed by atoms with Crippen molar-refractivity contribution >= 4 is 27.2 Å². The largest absolute Gasteiger partial charge is 0.493 e. The number of para-hydroxylation sites is 1. The Morgan fingerprint density at radius 2 is 2.05 bits per heavy atom. The number of thiazole rings is 1. The summed E-state index contributed by atoms with van der Waals surface area (Å²) in [6.07, 6.45) is 0. The average molecular weight is 270 g/mol. The highest BCUT2D eigenvalue weighted by molar-refractivity contribution is 7.21. The Kier molecular flexibility index (Phi) is 3.09. The van der Waals surface area contributed by atoms with E-state index >= 15 is 0 Å². The number of hydrogen-bond donors (Lipinski definition) is 1. The highest BCUT2D eigenvalue weighted by atomic mass is 32.1. The first-order valence-electron chi connectivity index (χ1n) is 6.16. The third-order valence-corrected chi connectivity index (χ3v) is 3.88. The minimum absolute atomic E-state index is 0.648. The van der Waals surface area contributed by atoms with Gasteiger partial charge in [0.1, 0.15) is 10.8 Å². The van der Waals surface area contributed by atoms with Crippen LogP contribution in [0.1, 0.15) is 6.92 Å². The molecule has 0 aliphatic heterocycles. The predicted molar refractivity (Wildman–Crippen MR) is 80.6 cm³/mol. The molecule has 1 aromatic heterocycles. The third kappa shape index (κ3) is 2.27. The zero-order valence-electron chi connectivity index (χ0n) is 10.6. The highest BCUT2D eigenvalue weighted by Gasteiger charge is 2.11.